The first-order chi connectivity index (χ1) is 7.25. The van der Waals surface area contributed by atoms with Crippen LogP contribution in [-0.4, -0.2) is 9.97 Å². The summed E-state index contributed by atoms with van der Waals surface area (Å²) in [5.74, 6) is 1.01. The van der Waals surface area contributed by atoms with Crippen LogP contribution >= 0.6 is 34.2 Å². The molecule has 1 aromatic carbocycles. The first-order valence-electron chi connectivity index (χ1n) is 4.15. The van der Waals surface area contributed by atoms with Crippen molar-refractivity contribution in [3.8, 4) is 11.6 Å². The molecule has 0 atom stereocenters. The highest BCUT2D eigenvalue weighted by molar-refractivity contribution is 14.1. The van der Waals surface area contributed by atoms with Crippen molar-refractivity contribution in [3.63, 3.8) is 0 Å². The summed E-state index contributed by atoms with van der Waals surface area (Å²) >= 11 is 8.03. The molecule has 5 heteroatoms. The summed E-state index contributed by atoms with van der Waals surface area (Å²) in [5.41, 5.74) is 0. The minimum Gasteiger partial charge on any atom is -0.436 e. The predicted molar refractivity (Wildman–Crippen MR) is 66.3 cm³/mol. The third-order valence-corrected chi connectivity index (χ3v) is 2.63. The van der Waals surface area contributed by atoms with Gasteiger partial charge in [-0.2, -0.15) is 0 Å². The van der Waals surface area contributed by atoms with Crippen LogP contribution in [0.25, 0.3) is 0 Å². The molecule has 0 bridgehead atoms. The average molecular weight is 333 g/mol. The maximum atomic E-state index is 5.81. The fourth-order valence-electron chi connectivity index (χ4n) is 0.991. The molecule has 76 valence electrons. The maximum Gasteiger partial charge on any atom is 0.257 e. The summed E-state index contributed by atoms with van der Waals surface area (Å²) in [7, 11) is 0. The second-order valence-electron chi connectivity index (χ2n) is 2.71. The number of hydrogen-bond donors (Lipinski definition) is 0. The number of hydrogen-bond acceptors (Lipinski definition) is 3. The molecule has 0 amide bonds. The third kappa shape index (κ3) is 2.79. The summed E-state index contributed by atoms with van der Waals surface area (Å²) in [4.78, 5) is 7.85. The zero-order chi connectivity index (χ0) is 10.7. The number of rotatable bonds is 2. The Morgan fingerprint density at radius 1 is 1.07 bits per heavy atom. The highest BCUT2D eigenvalue weighted by Crippen LogP contribution is 2.24. The van der Waals surface area contributed by atoms with E-state index in [1.54, 1.807) is 0 Å². The van der Waals surface area contributed by atoms with Gasteiger partial charge in [0.1, 0.15) is 5.75 Å². The first kappa shape index (κ1) is 10.6. The van der Waals surface area contributed by atoms with Gasteiger partial charge in [0.05, 0.1) is 0 Å². The number of halogens is 2. The molecular weight excluding hydrogens is 326 g/mol. The van der Waals surface area contributed by atoms with E-state index in [-0.39, 0.29) is 5.15 Å². The molecule has 0 saturated carbocycles. The van der Waals surface area contributed by atoms with E-state index in [4.69, 9.17) is 16.3 Å². The summed E-state index contributed by atoms with van der Waals surface area (Å²) < 4.78 is 6.60. The smallest absolute Gasteiger partial charge is 0.257 e. The quantitative estimate of drug-likeness (QED) is 0.789. The largest absolute Gasteiger partial charge is 0.436 e. The summed E-state index contributed by atoms with van der Waals surface area (Å²) in [6, 6.07) is 7.60. The molecule has 0 unspecified atom stereocenters. The third-order valence-electron chi connectivity index (χ3n) is 1.65. The summed E-state index contributed by atoms with van der Waals surface area (Å²) in [5, 5.41) is 0.260. The van der Waals surface area contributed by atoms with Crippen molar-refractivity contribution in [2.24, 2.45) is 0 Å². The van der Waals surface area contributed by atoms with Crippen molar-refractivity contribution < 1.29 is 4.74 Å². The molecule has 0 spiro atoms. The van der Waals surface area contributed by atoms with Gasteiger partial charge in [-0.15, -0.1) is 0 Å². The molecule has 0 aliphatic carbocycles. The zero-order valence-electron chi connectivity index (χ0n) is 7.52. The standard InChI is InChI=1S/C10H6ClIN2O/c11-9-10(14-6-5-13-9)15-8-3-1-7(12)2-4-8/h1-6H. The van der Waals surface area contributed by atoms with Crippen LogP contribution in [0.2, 0.25) is 5.15 Å². The van der Waals surface area contributed by atoms with Gasteiger partial charge in [0, 0.05) is 16.0 Å². The van der Waals surface area contributed by atoms with E-state index in [1.165, 1.54) is 12.4 Å². The SMILES string of the molecule is Clc1nccnc1Oc1ccc(I)cc1. The van der Waals surface area contributed by atoms with Crippen molar-refractivity contribution >= 4 is 34.2 Å². The Morgan fingerprint density at radius 2 is 1.73 bits per heavy atom. The molecule has 2 rings (SSSR count). The van der Waals surface area contributed by atoms with Gasteiger partial charge in [0.15, 0.2) is 5.15 Å². The Kier molecular flexibility index (Phi) is 3.37. The van der Waals surface area contributed by atoms with E-state index >= 15 is 0 Å². The molecule has 2 aromatic rings. The lowest BCUT2D eigenvalue weighted by atomic mass is 10.3. The highest BCUT2D eigenvalue weighted by atomic mass is 127. The topological polar surface area (TPSA) is 35.0 Å². The minimum atomic E-state index is 0.260. The molecule has 0 radical (unpaired) electrons. The predicted octanol–water partition coefficient (Wildman–Crippen LogP) is 3.53. The van der Waals surface area contributed by atoms with Crippen molar-refractivity contribution in [1.82, 2.24) is 9.97 Å². The number of ether oxygens (including phenoxy) is 1. The van der Waals surface area contributed by atoms with E-state index in [1.807, 2.05) is 24.3 Å². The fraction of sp³-hybridized carbons (Fsp3) is 0. The van der Waals surface area contributed by atoms with Crippen LogP contribution < -0.4 is 4.74 Å². The van der Waals surface area contributed by atoms with Crippen molar-refractivity contribution in [2.75, 3.05) is 0 Å². The van der Waals surface area contributed by atoms with Gasteiger partial charge in [-0.3, -0.25) is 0 Å². The Morgan fingerprint density at radius 3 is 2.40 bits per heavy atom. The number of benzene rings is 1. The van der Waals surface area contributed by atoms with Gasteiger partial charge < -0.3 is 4.74 Å². The molecule has 3 nitrogen and oxygen atoms in total. The van der Waals surface area contributed by atoms with Gasteiger partial charge in [0.25, 0.3) is 5.88 Å². The molecule has 0 aliphatic rings. The van der Waals surface area contributed by atoms with Gasteiger partial charge in [-0.25, -0.2) is 9.97 Å². The molecule has 0 N–H and O–H groups in total. The first-order valence-corrected chi connectivity index (χ1v) is 5.61. The molecule has 0 fully saturated rings. The van der Waals surface area contributed by atoms with E-state index in [2.05, 4.69) is 32.6 Å². The second kappa shape index (κ2) is 4.76. The Balaban J connectivity index is 2.22. The maximum absolute atomic E-state index is 5.81. The van der Waals surface area contributed by atoms with E-state index < -0.39 is 0 Å². The van der Waals surface area contributed by atoms with Crippen molar-refractivity contribution in [2.45, 2.75) is 0 Å². The van der Waals surface area contributed by atoms with Gasteiger partial charge >= 0.3 is 0 Å². The second-order valence-corrected chi connectivity index (χ2v) is 4.31. The Bertz CT molecular complexity index is 461. The molecule has 1 aromatic heterocycles. The van der Waals surface area contributed by atoms with Crippen molar-refractivity contribution in [1.29, 1.82) is 0 Å². The van der Waals surface area contributed by atoms with Crippen LogP contribution in [-0.2, 0) is 0 Å². The fourth-order valence-corrected chi connectivity index (χ4v) is 1.49. The molecule has 0 saturated heterocycles. The Hall–Kier alpha value is -0.880. The van der Waals surface area contributed by atoms with Gasteiger partial charge in [-0.05, 0) is 46.9 Å². The molecular formula is C10H6ClIN2O. The minimum absolute atomic E-state index is 0.260. The molecule has 0 aliphatic heterocycles. The van der Waals surface area contributed by atoms with Gasteiger partial charge in [-0.1, -0.05) is 11.6 Å². The highest BCUT2D eigenvalue weighted by Gasteiger charge is 2.04. The summed E-state index contributed by atoms with van der Waals surface area (Å²) in [6.45, 7) is 0. The van der Waals surface area contributed by atoms with Crippen LogP contribution in [0.1, 0.15) is 0 Å². The lowest BCUT2D eigenvalue weighted by molar-refractivity contribution is 0.460. The Labute approximate surface area is 106 Å². The van der Waals surface area contributed by atoms with Crippen molar-refractivity contribution in [3.05, 3.63) is 45.4 Å². The van der Waals surface area contributed by atoms with E-state index in [0.29, 0.717) is 11.6 Å². The molecule has 15 heavy (non-hydrogen) atoms. The molecule has 1 heterocycles. The number of aromatic nitrogens is 2. The van der Waals surface area contributed by atoms with Crippen LogP contribution in [0.15, 0.2) is 36.7 Å². The average Bonchev–Trinajstić information content (AvgIpc) is 2.25. The van der Waals surface area contributed by atoms with E-state index in [9.17, 15) is 0 Å². The van der Waals surface area contributed by atoms with Crippen LogP contribution in [0, 0.1) is 3.57 Å². The monoisotopic (exact) mass is 332 g/mol. The lowest BCUT2D eigenvalue weighted by Gasteiger charge is -2.04. The van der Waals surface area contributed by atoms with Crippen LogP contribution in [0.3, 0.4) is 0 Å². The van der Waals surface area contributed by atoms with Crippen LogP contribution in [0.5, 0.6) is 11.6 Å². The van der Waals surface area contributed by atoms with Crippen LogP contribution in [0.4, 0.5) is 0 Å². The summed E-state index contributed by atoms with van der Waals surface area (Å²) in [6.07, 6.45) is 3.05. The normalized spacial score (nSPS) is 10.0. The van der Waals surface area contributed by atoms with E-state index in [0.717, 1.165) is 3.57 Å². The zero-order valence-corrected chi connectivity index (χ0v) is 10.4. The lowest BCUT2D eigenvalue weighted by Crippen LogP contribution is -1.90. The number of nitrogens with zero attached hydrogens (tertiary/aromatic N) is 2. The van der Waals surface area contributed by atoms with Gasteiger partial charge in [0.2, 0.25) is 0 Å².